The first-order valence-electron chi connectivity index (χ1n) is 5.27. The Kier molecular flexibility index (Phi) is 3.80. The standard InChI is InChI=1S/C10H15F4NO/c1-6-4-3-5-7(2)15(6)9(16)10(13,14)8(11)12/h6-8H,3-5H2,1-2H3/t6-,7+. The molecule has 1 fully saturated rings. The number of hydrogen-bond acceptors (Lipinski definition) is 1. The summed E-state index contributed by atoms with van der Waals surface area (Å²) in [6, 6.07) is -0.804. The van der Waals surface area contributed by atoms with Crippen molar-refractivity contribution in [2.45, 2.75) is 57.5 Å². The fraction of sp³-hybridized carbons (Fsp3) is 0.900. The molecule has 1 aliphatic rings. The predicted octanol–water partition coefficient (Wildman–Crippen LogP) is 2.68. The minimum Gasteiger partial charge on any atom is -0.332 e. The highest BCUT2D eigenvalue weighted by Gasteiger charge is 2.53. The van der Waals surface area contributed by atoms with E-state index in [2.05, 4.69) is 0 Å². The summed E-state index contributed by atoms with van der Waals surface area (Å²) in [7, 11) is 0. The van der Waals surface area contributed by atoms with Gasteiger partial charge >= 0.3 is 12.3 Å². The molecule has 1 rings (SSSR count). The minimum absolute atomic E-state index is 0.402. The SMILES string of the molecule is C[C@@H]1CCC[C@H](C)N1C(=O)C(F)(F)C(F)F. The lowest BCUT2D eigenvalue weighted by atomic mass is 9.96. The average molecular weight is 241 g/mol. The number of hydrogen-bond donors (Lipinski definition) is 0. The molecule has 0 aromatic heterocycles. The van der Waals surface area contributed by atoms with Gasteiger partial charge < -0.3 is 4.90 Å². The monoisotopic (exact) mass is 241 g/mol. The molecular weight excluding hydrogens is 226 g/mol. The van der Waals surface area contributed by atoms with Crippen molar-refractivity contribution >= 4 is 5.91 Å². The van der Waals surface area contributed by atoms with Crippen LogP contribution in [0.25, 0.3) is 0 Å². The van der Waals surface area contributed by atoms with Crippen molar-refractivity contribution in [3.05, 3.63) is 0 Å². The van der Waals surface area contributed by atoms with Crippen LogP contribution in [0.1, 0.15) is 33.1 Å². The average Bonchev–Trinajstić information content (AvgIpc) is 2.16. The van der Waals surface area contributed by atoms with Gasteiger partial charge in [-0.25, -0.2) is 8.78 Å². The van der Waals surface area contributed by atoms with E-state index in [1.807, 2.05) is 0 Å². The lowest BCUT2D eigenvalue weighted by Crippen LogP contribution is -2.55. The molecule has 1 saturated heterocycles. The van der Waals surface area contributed by atoms with Gasteiger partial charge in [-0.2, -0.15) is 8.78 Å². The highest BCUT2D eigenvalue weighted by molar-refractivity contribution is 5.84. The summed E-state index contributed by atoms with van der Waals surface area (Å²) in [4.78, 5) is 12.3. The number of rotatable bonds is 2. The van der Waals surface area contributed by atoms with E-state index in [4.69, 9.17) is 0 Å². The predicted molar refractivity (Wildman–Crippen MR) is 50.6 cm³/mol. The summed E-state index contributed by atoms with van der Waals surface area (Å²) in [5.74, 6) is -6.32. The van der Waals surface area contributed by atoms with Crippen molar-refractivity contribution in [1.82, 2.24) is 4.90 Å². The number of piperidine rings is 1. The zero-order valence-electron chi connectivity index (χ0n) is 9.22. The lowest BCUT2D eigenvalue weighted by molar-refractivity contribution is -0.186. The quantitative estimate of drug-likeness (QED) is 0.681. The van der Waals surface area contributed by atoms with E-state index in [9.17, 15) is 22.4 Å². The van der Waals surface area contributed by atoms with Crippen LogP contribution in [0.3, 0.4) is 0 Å². The molecule has 0 spiro atoms. The molecule has 0 saturated carbocycles. The fourth-order valence-electron chi connectivity index (χ4n) is 2.09. The Morgan fingerprint density at radius 2 is 1.69 bits per heavy atom. The highest BCUT2D eigenvalue weighted by atomic mass is 19.3. The normalized spacial score (nSPS) is 27.3. The Morgan fingerprint density at radius 1 is 1.25 bits per heavy atom. The molecule has 0 aliphatic carbocycles. The maximum absolute atomic E-state index is 12.9. The van der Waals surface area contributed by atoms with Crippen LogP contribution in [-0.2, 0) is 4.79 Å². The second-order valence-electron chi connectivity index (χ2n) is 4.27. The first kappa shape index (κ1) is 13.3. The number of halogens is 4. The van der Waals surface area contributed by atoms with Gasteiger partial charge in [0, 0.05) is 12.1 Å². The molecule has 0 aromatic carbocycles. The Balaban J connectivity index is 2.86. The zero-order chi connectivity index (χ0) is 12.5. The molecule has 1 heterocycles. The molecule has 2 atom stereocenters. The van der Waals surface area contributed by atoms with E-state index in [1.165, 1.54) is 0 Å². The van der Waals surface area contributed by atoms with Crippen LogP contribution in [-0.4, -0.2) is 35.2 Å². The number of alkyl halides is 4. The van der Waals surface area contributed by atoms with Crippen LogP contribution in [0.5, 0.6) is 0 Å². The second kappa shape index (κ2) is 4.59. The summed E-state index contributed by atoms with van der Waals surface area (Å²) >= 11 is 0. The lowest BCUT2D eigenvalue weighted by Gasteiger charge is -2.40. The molecule has 1 amide bonds. The fourth-order valence-corrected chi connectivity index (χ4v) is 2.09. The summed E-state index contributed by atoms with van der Waals surface area (Å²) < 4.78 is 50.0. The molecule has 0 bridgehead atoms. The van der Waals surface area contributed by atoms with Crippen LogP contribution < -0.4 is 0 Å². The molecule has 0 N–H and O–H groups in total. The van der Waals surface area contributed by atoms with Crippen molar-refractivity contribution in [3.63, 3.8) is 0 Å². The number of nitrogens with zero attached hydrogens (tertiary/aromatic N) is 1. The molecule has 2 nitrogen and oxygen atoms in total. The maximum Gasteiger partial charge on any atom is 0.383 e. The van der Waals surface area contributed by atoms with Gasteiger partial charge in [0.05, 0.1) is 0 Å². The third-order valence-corrected chi connectivity index (χ3v) is 2.99. The number of carbonyl (C=O) groups is 1. The first-order chi connectivity index (χ1) is 7.28. The largest absolute Gasteiger partial charge is 0.383 e. The number of likely N-dealkylation sites (tertiary alicyclic amines) is 1. The Bertz CT molecular complexity index is 260. The maximum atomic E-state index is 12.9. The Morgan fingerprint density at radius 3 is 2.06 bits per heavy atom. The number of carbonyl (C=O) groups excluding carboxylic acids is 1. The molecule has 94 valence electrons. The molecule has 0 aromatic rings. The minimum atomic E-state index is -4.57. The van der Waals surface area contributed by atoms with Gasteiger partial charge in [-0.05, 0) is 33.1 Å². The summed E-state index contributed by atoms with van der Waals surface area (Å²) in [6.07, 6.45) is -1.96. The van der Waals surface area contributed by atoms with Gasteiger partial charge in [0.1, 0.15) is 0 Å². The van der Waals surface area contributed by atoms with Crippen LogP contribution in [0, 0.1) is 0 Å². The summed E-state index contributed by atoms with van der Waals surface area (Å²) in [6.45, 7) is 3.21. The summed E-state index contributed by atoms with van der Waals surface area (Å²) in [5.41, 5.74) is 0. The molecule has 0 unspecified atom stereocenters. The van der Waals surface area contributed by atoms with Gasteiger partial charge in [-0.3, -0.25) is 4.79 Å². The Hall–Kier alpha value is -0.810. The van der Waals surface area contributed by atoms with Crippen molar-refractivity contribution < 1.29 is 22.4 Å². The van der Waals surface area contributed by atoms with E-state index in [-0.39, 0.29) is 0 Å². The van der Waals surface area contributed by atoms with Crippen molar-refractivity contribution in [2.75, 3.05) is 0 Å². The second-order valence-corrected chi connectivity index (χ2v) is 4.27. The third kappa shape index (κ3) is 2.30. The van der Waals surface area contributed by atoms with E-state index in [0.29, 0.717) is 12.8 Å². The van der Waals surface area contributed by atoms with Gasteiger partial charge in [0.15, 0.2) is 0 Å². The zero-order valence-corrected chi connectivity index (χ0v) is 9.22. The van der Waals surface area contributed by atoms with Crippen LogP contribution >= 0.6 is 0 Å². The third-order valence-electron chi connectivity index (χ3n) is 2.99. The van der Waals surface area contributed by atoms with Gasteiger partial charge in [-0.15, -0.1) is 0 Å². The molecule has 6 heteroatoms. The smallest absolute Gasteiger partial charge is 0.332 e. The number of amides is 1. The topological polar surface area (TPSA) is 20.3 Å². The van der Waals surface area contributed by atoms with Crippen molar-refractivity contribution in [3.8, 4) is 0 Å². The highest BCUT2D eigenvalue weighted by Crippen LogP contribution is 2.31. The molecule has 0 radical (unpaired) electrons. The van der Waals surface area contributed by atoms with Crippen molar-refractivity contribution in [2.24, 2.45) is 0 Å². The molecular formula is C10H15F4NO. The van der Waals surface area contributed by atoms with Crippen molar-refractivity contribution in [1.29, 1.82) is 0 Å². The van der Waals surface area contributed by atoms with Crippen LogP contribution in [0.2, 0.25) is 0 Å². The molecule has 16 heavy (non-hydrogen) atoms. The van der Waals surface area contributed by atoms with Gasteiger partial charge in [0.2, 0.25) is 0 Å². The van der Waals surface area contributed by atoms with E-state index in [1.54, 1.807) is 13.8 Å². The van der Waals surface area contributed by atoms with E-state index in [0.717, 1.165) is 11.3 Å². The Labute approximate surface area is 91.6 Å². The van der Waals surface area contributed by atoms with Crippen LogP contribution in [0.15, 0.2) is 0 Å². The van der Waals surface area contributed by atoms with Gasteiger partial charge in [-0.1, -0.05) is 0 Å². The van der Waals surface area contributed by atoms with E-state index < -0.39 is 30.3 Å². The summed E-state index contributed by atoms with van der Waals surface area (Å²) in [5, 5.41) is 0. The van der Waals surface area contributed by atoms with Gasteiger partial charge in [0.25, 0.3) is 5.91 Å². The van der Waals surface area contributed by atoms with E-state index >= 15 is 0 Å². The first-order valence-corrected chi connectivity index (χ1v) is 5.27. The molecule has 1 aliphatic heterocycles. The van der Waals surface area contributed by atoms with Crippen LogP contribution in [0.4, 0.5) is 17.6 Å².